The molecule has 1 aromatic rings. The van der Waals surface area contributed by atoms with Crippen molar-refractivity contribution in [1.29, 1.82) is 0 Å². The van der Waals surface area contributed by atoms with Gasteiger partial charge in [0, 0.05) is 6.04 Å². The van der Waals surface area contributed by atoms with Crippen molar-refractivity contribution in [2.75, 3.05) is 16.8 Å². The topological polar surface area (TPSA) is 97.1 Å². The lowest BCUT2D eigenvalue weighted by atomic mass is 10.0. The lowest BCUT2D eigenvalue weighted by Gasteiger charge is -2.21. The lowest BCUT2D eigenvalue weighted by Crippen LogP contribution is -2.36. The van der Waals surface area contributed by atoms with E-state index in [0.717, 1.165) is 0 Å². The predicted molar refractivity (Wildman–Crippen MR) is 69.5 cm³/mol. The van der Waals surface area contributed by atoms with Crippen LogP contribution in [0.25, 0.3) is 0 Å². The molecular weight excluding hydrogens is 268 g/mol. The third-order valence-electron chi connectivity index (χ3n) is 3.50. The molecule has 0 radical (unpaired) electrons. The van der Waals surface area contributed by atoms with Crippen LogP contribution in [0, 0.1) is 0 Å². The van der Waals surface area contributed by atoms with E-state index in [9.17, 15) is 8.42 Å². The Morgan fingerprint density at radius 1 is 1.42 bits per heavy atom. The summed E-state index contributed by atoms with van der Waals surface area (Å²) in [5.41, 5.74) is -0.507. The van der Waals surface area contributed by atoms with Gasteiger partial charge in [-0.2, -0.15) is 0 Å². The average Bonchev–Trinajstić information content (AvgIpc) is 2.98. The molecule has 19 heavy (non-hydrogen) atoms. The first-order valence-corrected chi connectivity index (χ1v) is 8.31. The quantitative estimate of drug-likeness (QED) is 0.804. The summed E-state index contributed by atoms with van der Waals surface area (Å²) in [6.45, 7) is 2.43. The number of sulfone groups is 1. The van der Waals surface area contributed by atoms with Crippen molar-refractivity contribution in [1.82, 2.24) is 15.5 Å². The van der Waals surface area contributed by atoms with Crippen LogP contribution in [-0.2, 0) is 16.4 Å². The second kappa shape index (κ2) is 4.45. The molecule has 0 spiro atoms. The van der Waals surface area contributed by atoms with Gasteiger partial charge in [0.25, 0.3) is 0 Å². The van der Waals surface area contributed by atoms with Crippen molar-refractivity contribution in [2.45, 2.75) is 44.3 Å². The van der Waals surface area contributed by atoms with Gasteiger partial charge in [0.05, 0.1) is 23.6 Å². The fraction of sp³-hybridized carbons (Fsp3) is 0.818. The summed E-state index contributed by atoms with van der Waals surface area (Å²) < 4.78 is 28.5. The number of hydrogen-bond acceptors (Lipinski definition) is 7. The first-order valence-electron chi connectivity index (χ1n) is 6.49. The molecule has 1 saturated heterocycles. The fourth-order valence-electron chi connectivity index (χ4n) is 2.26. The van der Waals surface area contributed by atoms with Crippen LogP contribution in [0.4, 0.5) is 6.01 Å². The van der Waals surface area contributed by atoms with Crippen LogP contribution in [0.15, 0.2) is 4.42 Å². The Kier molecular flexibility index (Phi) is 3.01. The molecule has 2 fully saturated rings. The Morgan fingerprint density at radius 2 is 2.21 bits per heavy atom. The smallest absolute Gasteiger partial charge is 0.315 e. The number of rotatable bonds is 5. The average molecular weight is 286 g/mol. The zero-order valence-electron chi connectivity index (χ0n) is 10.8. The van der Waals surface area contributed by atoms with E-state index in [-0.39, 0.29) is 11.5 Å². The minimum absolute atomic E-state index is 0.109. The molecule has 3 rings (SSSR count). The van der Waals surface area contributed by atoms with Crippen molar-refractivity contribution < 1.29 is 12.8 Å². The molecule has 1 aromatic heterocycles. The highest BCUT2D eigenvalue weighted by atomic mass is 32.2. The molecule has 1 unspecified atom stereocenters. The summed E-state index contributed by atoms with van der Waals surface area (Å²) in [7, 11) is -2.95. The Bertz CT molecular complexity index is 566. The van der Waals surface area contributed by atoms with E-state index >= 15 is 0 Å². The highest BCUT2D eigenvalue weighted by Gasteiger charge is 2.39. The third kappa shape index (κ3) is 3.24. The van der Waals surface area contributed by atoms with Crippen LogP contribution in [0.5, 0.6) is 0 Å². The number of anilines is 1. The maximum Gasteiger partial charge on any atom is 0.315 e. The van der Waals surface area contributed by atoms with E-state index in [1.807, 2.05) is 6.92 Å². The zero-order chi connectivity index (χ0) is 13.5. The first-order chi connectivity index (χ1) is 8.94. The highest BCUT2D eigenvalue weighted by molar-refractivity contribution is 7.91. The van der Waals surface area contributed by atoms with Crippen molar-refractivity contribution in [2.24, 2.45) is 0 Å². The summed E-state index contributed by atoms with van der Waals surface area (Å²) in [5.74, 6) is 0.845. The largest absolute Gasteiger partial charge is 0.407 e. The van der Waals surface area contributed by atoms with Crippen molar-refractivity contribution in [3.05, 3.63) is 5.89 Å². The molecule has 2 aliphatic rings. The maximum absolute atomic E-state index is 11.5. The molecule has 1 saturated carbocycles. The van der Waals surface area contributed by atoms with Crippen LogP contribution in [0.1, 0.15) is 32.1 Å². The Hall–Kier alpha value is -1.15. The third-order valence-corrected chi connectivity index (χ3v) is 5.40. The van der Waals surface area contributed by atoms with Gasteiger partial charge < -0.3 is 15.1 Å². The molecule has 1 atom stereocenters. The Balaban J connectivity index is 1.60. The van der Waals surface area contributed by atoms with E-state index in [0.29, 0.717) is 30.9 Å². The van der Waals surface area contributed by atoms with Gasteiger partial charge in [-0.3, -0.25) is 0 Å². The molecule has 2 N–H and O–H groups in total. The van der Waals surface area contributed by atoms with Crippen molar-refractivity contribution in [3.63, 3.8) is 0 Å². The number of nitrogens with zero attached hydrogens (tertiary/aromatic N) is 2. The summed E-state index contributed by atoms with van der Waals surface area (Å²) >= 11 is 0. The van der Waals surface area contributed by atoms with Gasteiger partial charge in [-0.1, -0.05) is 5.10 Å². The fourth-order valence-corrected chi connectivity index (χ4v) is 4.35. The maximum atomic E-state index is 11.5. The van der Waals surface area contributed by atoms with Gasteiger partial charge in [0.1, 0.15) is 0 Å². The van der Waals surface area contributed by atoms with E-state index in [1.165, 1.54) is 12.8 Å². The second-order valence-corrected chi connectivity index (χ2v) is 7.87. The zero-order valence-corrected chi connectivity index (χ0v) is 11.7. The summed E-state index contributed by atoms with van der Waals surface area (Å²) in [4.78, 5) is 0. The standard InChI is InChI=1S/C11H18N4O3S/c1-11(4-5-19(16,17)7-11)13-10-15-14-9(18-10)6-12-8-2-3-8/h8,12H,2-7H2,1H3,(H,13,15). The normalized spacial score (nSPS) is 29.5. The van der Waals surface area contributed by atoms with Gasteiger partial charge in [0.2, 0.25) is 5.89 Å². The van der Waals surface area contributed by atoms with E-state index in [2.05, 4.69) is 20.8 Å². The van der Waals surface area contributed by atoms with Gasteiger partial charge in [-0.25, -0.2) is 8.42 Å². The number of nitrogens with one attached hydrogen (secondary N) is 2. The van der Waals surface area contributed by atoms with Crippen molar-refractivity contribution >= 4 is 15.9 Å². The molecular formula is C11H18N4O3S. The SMILES string of the molecule is CC1(Nc2nnc(CNC3CC3)o2)CCS(=O)(=O)C1. The van der Waals surface area contributed by atoms with E-state index < -0.39 is 15.4 Å². The Morgan fingerprint density at radius 3 is 2.84 bits per heavy atom. The molecule has 0 bridgehead atoms. The number of hydrogen-bond donors (Lipinski definition) is 2. The second-order valence-electron chi connectivity index (χ2n) is 5.68. The monoisotopic (exact) mass is 286 g/mol. The van der Waals surface area contributed by atoms with Gasteiger partial charge in [0.15, 0.2) is 9.84 Å². The predicted octanol–water partition coefficient (Wildman–Crippen LogP) is 0.311. The minimum Gasteiger partial charge on any atom is -0.407 e. The van der Waals surface area contributed by atoms with Gasteiger partial charge in [-0.15, -0.1) is 5.10 Å². The minimum atomic E-state index is -2.95. The van der Waals surface area contributed by atoms with Crippen LogP contribution in [0.2, 0.25) is 0 Å². The van der Waals surface area contributed by atoms with E-state index in [4.69, 9.17) is 4.42 Å². The van der Waals surface area contributed by atoms with Crippen LogP contribution >= 0.6 is 0 Å². The van der Waals surface area contributed by atoms with E-state index in [1.54, 1.807) is 0 Å². The molecule has 1 aliphatic heterocycles. The molecule has 0 amide bonds. The number of aromatic nitrogens is 2. The highest BCUT2D eigenvalue weighted by Crippen LogP contribution is 2.27. The summed E-state index contributed by atoms with van der Waals surface area (Å²) in [5, 5.41) is 14.2. The molecule has 8 heteroatoms. The van der Waals surface area contributed by atoms with Gasteiger partial charge >= 0.3 is 6.01 Å². The molecule has 106 valence electrons. The molecule has 0 aromatic carbocycles. The van der Waals surface area contributed by atoms with Crippen molar-refractivity contribution in [3.8, 4) is 0 Å². The van der Waals surface area contributed by atoms with Crippen LogP contribution in [0.3, 0.4) is 0 Å². The molecule has 1 aliphatic carbocycles. The summed E-state index contributed by atoms with van der Waals surface area (Å²) in [6.07, 6.45) is 2.97. The lowest BCUT2D eigenvalue weighted by molar-refractivity contribution is 0.458. The van der Waals surface area contributed by atoms with Gasteiger partial charge in [-0.05, 0) is 26.2 Å². The Labute approximate surface area is 112 Å². The van der Waals surface area contributed by atoms with Crippen LogP contribution < -0.4 is 10.6 Å². The van der Waals surface area contributed by atoms with Crippen LogP contribution in [-0.4, -0.2) is 41.7 Å². The summed E-state index contributed by atoms with van der Waals surface area (Å²) in [6, 6.07) is 0.882. The molecule has 7 nitrogen and oxygen atoms in total. The first kappa shape index (κ1) is 12.9. The molecule has 2 heterocycles.